The Bertz CT molecular complexity index is 1650. The van der Waals surface area contributed by atoms with Gasteiger partial charge in [0.2, 0.25) is 11.6 Å². The maximum atomic E-state index is 13.9. The van der Waals surface area contributed by atoms with Crippen LogP contribution in [-0.4, -0.2) is 46.2 Å². The first-order valence-electron chi connectivity index (χ1n) is 12.6. The first-order valence-corrected chi connectivity index (χ1v) is 12.6. The van der Waals surface area contributed by atoms with Crippen molar-refractivity contribution in [1.82, 2.24) is 0 Å². The topological polar surface area (TPSA) is 134 Å². The summed E-state index contributed by atoms with van der Waals surface area (Å²) in [6, 6.07) is 12.2. The van der Waals surface area contributed by atoms with Gasteiger partial charge in [-0.1, -0.05) is 12.1 Å². The van der Waals surface area contributed by atoms with Crippen molar-refractivity contribution in [3.8, 4) is 34.5 Å². The molecule has 8 nitrogen and oxygen atoms in total. The van der Waals surface area contributed by atoms with Crippen molar-refractivity contribution in [2.75, 3.05) is 14.2 Å². The second-order valence-electron chi connectivity index (χ2n) is 10.3. The number of carbonyl (C=O) groups excluding carboxylic acids is 2. The second kappa shape index (κ2) is 8.77. The fourth-order valence-electron chi connectivity index (χ4n) is 6.41. The summed E-state index contributed by atoms with van der Waals surface area (Å²) < 4.78 is 11.2. The minimum Gasteiger partial charge on any atom is -0.508 e. The number of phenols is 4. The lowest BCUT2D eigenvalue weighted by Crippen LogP contribution is -2.30. The van der Waals surface area contributed by atoms with E-state index < -0.39 is 34.9 Å². The average Bonchev–Trinajstić information content (AvgIpc) is 2.88. The van der Waals surface area contributed by atoms with E-state index in [1.807, 2.05) is 26.0 Å². The molecule has 0 saturated heterocycles. The van der Waals surface area contributed by atoms with Crippen molar-refractivity contribution in [2.45, 2.75) is 25.7 Å². The van der Waals surface area contributed by atoms with Crippen LogP contribution in [0.1, 0.15) is 77.1 Å². The predicted octanol–water partition coefficient (Wildman–Crippen LogP) is 5.20. The van der Waals surface area contributed by atoms with Crippen LogP contribution < -0.4 is 9.47 Å². The molecule has 6 rings (SSSR count). The van der Waals surface area contributed by atoms with E-state index in [0.717, 1.165) is 23.3 Å². The molecule has 2 aliphatic carbocycles. The van der Waals surface area contributed by atoms with Gasteiger partial charge in [0.1, 0.15) is 34.5 Å². The number of ether oxygens (including phenoxy) is 2. The quantitative estimate of drug-likeness (QED) is 0.280. The highest BCUT2D eigenvalue weighted by Gasteiger charge is 2.46. The van der Waals surface area contributed by atoms with Crippen molar-refractivity contribution < 1.29 is 39.5 Å². The first kappa shape index (κ1) is 25.3. The number of ketones is 2. The Balaban J connectivity index is 1.81. The van der Waals surface area contributed by atoms with Crippen molar-refractivity contribution in [1.29, 1.82) is 0 Å². The van der Waals surface area contributed by atoms with Crippen molar-refractivity contribution in [2.24, 2.45) is 0 Å². The number of phenolic OH excluding ortho intramolecular Hbond substituents is 4. The molecule has 40 heavy (non-hydrogen) atoms. The highest BCUT2D eigenvalue weighted by Crippen LogP contribution is 2.57. The number of methoxy groups -OCH3 is 2. The number of rotatable bonds is 3. The summed E-state index contributed by atoms with van der Waals surface area (Å²) >= 11 is 0. The fraction of sp³-hybridized carbons (Fsp3) is 0.188. The standard InChI is InChI=1S/C32H26O8/c1-13-5-17-25(19-9-15(33)11-21(35)27(19)31(37)29(17)23(7-13)39-3)26-18-6-14(2)8-24(40-4)30(18)32(38)28-20(26)10-16(34)12-22(28)36/h5-12,25-26,33-36H,1-4H3/t25-,26-/m1/s1. The zero-order valence-electron chi connectivity index (χ0n) is 22.2. The average molecular weight is 539 g/mol. The molecular weight excluding hydrogens is 512 g/mol. The number of fused-ring (bicyclic) bond motifs is 4. The summed E-state index contributed by atoms with van der Waals surface area (Å²) in [4.78, 5) is 27.8. The molecular formula is C32H26O8. The molecule has 0 aliphatic heterocycles. The number of aryl methyl sites for hydroxylation is 2. The molecule has 202 valence electrons. The van der Waals surface area contributed by atoms with Gasteiger partial charge >= 0.3 is 0 Å². The van der Waals surface area contributed by atoms with Gasteiger partial charge < -0.3 is 29.9 Å². The van der Waals surface area contributed by atoms with E-state index in [4.69, 9.17) is 9.47 Å². The van der Waals surface area contributed by atoms with Crippen LogP contribution in [0.2, 0.25) is 0 Å². The van der Waals surface area contributed by atoms with Gasteiger partial charge in [-0.3, -0.25) is 9.59 Å². The molecule has 0 radical (unpaired) electrons. The van der Waals surface area contributed by atoms with E-state index in [1.54, 1.807) is 12.1 Å². The Kier molecular flexibility index (Phi) is 5.55. The Morgan fingerprint density at radius 3 is 1.23 bits per heavy atom. The SMILES string of the molecule is COc1cc(C)cc2c1C(=O)c1c(O)cc(O)cc1[C@@H]2[C@H]1c2cc(O)cc(O)c2C(=O)c2c(OC)cc(C)cc21. The Morgan fingerprint density at radius 2 is 0.875 bits per heavy atom. The van der Waals surface area contributed by atoms with Crippen LogP contribution in [0.5, 0.6) is 34.5 Å². The maximum absolute atomic E-state index is 13.9. The van der Waals surface area contributed by atoms with E-state index in [-0.39, 0.29) is 33.8 Å². The van der Waals surface area contributed by atoms with Crippen molar-refractivity contribution in [3.63, 3.8) is 0 Å². The van der Waals surface area contributed by atoms with Crippen LogP contribution in [0.15, 0.2) is 48.5 Å². The van der Waals surface area contributed by atoms with Gasteiger partial charge in [0.15, 0.2) is 0 Å². The third kappa shape index (κ3) is 3.45. The summed E-state index contributed by atoms with van der Waals surface area (Å²) in [5.41, 5.74) is 3.87. The van der Waals surface area contributed by atoms with Gasteiger partial charge in [-0.2, -0.15) is 0 Å². The molecule has 0 fully saturated rings. The maximum Gasteiger partial charge on any atom is 0.201 e. The van der Waals surface area contributed by atoms with Gasteiger partial charge in [0.05, 0.1) is 36.5 Å². The number of hydrogen-bond acceptors (Lipinski definition) is 8. The van der Waals surface area contributed by atoms with Gasteiger partial charge in [0, 0.05) is 24.0 Å². The molecule has 0 bridgehead atoms. The zero-order valence-corrected chi connectivity index (χ0v) is 22.2. The number of hydrogen-bond donors (Lipinski definition) is 4. The lowest BCUT2D eigenvalue weighted by Gasteiger charge is -2.39. The van der Waals surface area contributed by atoms with Crippen molar-refractivity contribution >= 4 is 11.6 Å². The highest BCUT2D eigenvalue weighted by molar-refractivity contribution is 6.18. The molecule has 4 aromatic carbocycles. The predicted molar refractivity (Wildman–Crippen MR) is 146 cm³/mol. The number of carbonyl (C=O) groups is 2. The molecule has 8 heteroatoms. The monoisotopic (exact) mass is 538 g/mol. The zero-order chi connectivity index (χ0) is 28.6. The molecule has 4 N–H and O–H groups in total. The smallest absolute Gasteiger partial charge is 0.201 e. The molecule has 0 heterocycles. The Hall–Kier alpha value is -4.98. The van der Waals surface area contributed by atoms with E-state index in [0.29, 0.717) is 33.8 Å². The largest absolute Gasteiger partial charge is 0.508 e. The van der Waals surface area contributed by atoms with E-state index in [2.05, 4.69) is 0 Å². The van der Waals surface area contributed by atoms with Gasteiger partial charge in [-0.25, -0.2) is 0 Å². The van der Waals surface area contributed by atoms with Crippen LogP contribution in [0.4, 0.5) is 0 Å². The third-order valence-corrected chi connectivity index (χ3v) is 7.84. The van der Waals surface area contributed by atoms with E-state index in [9.17, 15) is 30.0 Å². The lowest BCUT2D eigenvalue weighted by atomic mass is 9.63. The third-order valence-electron chi connectivity index (χ3n) is 7.84. The van der Waals surface area contributed by atoms with Gasteiger partial charge in [-0.05, 0) is 71.5 Å². The molecule has 0 spiro atoms. The van der Waals surface area contributed by atoms with Gasteiger partial charge in [0.25, 0.3) is 0 Å². The number of benzene rings is 4. The fourth-order valence-corrected chi connectivity index (χ4v) is 6.41. The molecule has 0 unspecified atom stereocenters. The second-order valence-corrected chi connectivity index (χ2v) is 10.3. The molecule has 2 atom stereocenters. The highest BCUT2D eigenvalue weighted by atomic mass is 16.5. The molecule has 0 aromatic heterocycles. The van der Waals surface area contributed by atoms with Crippen LogP contribution >= 0.6 is 0 Å². The minimum atomic E-state index is -0.757. The van der Waals surface area contributed by atoms with Crippen LogP contribution in [0, 0.1) is 13.8 Å². The van der Waals surface area contributed by atoms with Crippen molar-refractivity contribution in [3.05, 3.63) is 104 Å². The normalized spacial score (nSPS) is 17.0. The summed E-state index contributed by atoms with van der Waals surface area (Å²) in [6.45, 7) is 3.72. The summed E-state index contributed by atoms with van der Waals surface area (Å²) in [5, 5.41) is 43.0. The molecule has 2 aliphatic rings. The van der Waals surface area contributed by atoms with E-state index >= 15 is 0 Å². The molecule has 0 amide bonds. The first-order chi connectivity index (χ1) is 19.0. The number of aromatic hydroxyl groups is 4. The summed E-state index contributed by atoms with van der Waals surface area (Å²) in [7, 11) is 2.91. The van der Waals surface area contributed by atoms with E-state index in [1.165, 1.54) is 26.4 Å². The molecule has 0 saturated carbocycles. The Morgan fingerprint density at radius 1 is 0.525 bits per heavy atom. The summed E-state index contributed by atoms with van der Waals surface area (Å²) in [6.07, 6.45) is 0. The van der Waals surface area contributed by atoms with Crippen LogP contribution in [0.25, 0.3) is 0 Å². The molecule has 4 aromatic rings. The minimum absolute atomic E-state index is 0.00134. The van der Waals surface area contributed by atoms with Crippen LogP contribution in [0.3, 0.4) is 0 Å². The Labute approximate surface area is 229 Å². The lowest BCUT2D eigenvalue weighted by molar-refractivity contribution is 0.101. The van der Waals surface area contributed by atoms with Gasteiger partial charge in [-0.15, -0.1) is 0 Å². The van der Waals surface area contributed by atoms with Crippen LogP contribution in [-0.2, 0) is 0 Å². The summed E-state index contributed by atoms with van der Waals surface area (Å²) in [5.74, 6) is -3.10.